The first-order valence-corrected chi connectivity index (χ1v) is 8.35. The lowest BCUT2D eigenvalue weighted by molar-refractivity contribution is 0.0957. The molecule has 0 saturated carbocycles. The van der Waals surface area contributed by atoms with Gasteiger partial charge >= 0.3 is 0 Å². The second-order valence-corrected chi connectivity index (χ2v) is 6.07. The summed E-state index contributed by atoms with van der Waals surface area (Å²) in [4.78, 5) is 21.2. The summed E-state index contributed by atoms with van der Waals surface area (Å²) in [6, 6.07) is 9.58. The van der Waals surface area contributed by atoms with Gasteiger partial charge in [-0.2, -0.15) is 0 Å². The van der Waals surface area contributed by atoms with Crippen LogP contribution in [0.2, 0.25) is 0 Å². The van der Waals surface area contributed by atoms with E-state index in [9.17, 15) is 4.79 Å². The molecule has 0 unspecified atom stereocenters. The minimum absolute atomic E-state index is 0.140. The lowest BCUT2D eigenvalue weighted by atomic mass is 10.0. The zero-order chi connectivity index (χ0) is 17.4. The van der Waals surface area contributed by atoms with Crippen LogP contribution in [0.4, 0.5) is 11.4 Å². The first kappa shape index (κ1) is 15.5. The molecule has 0 spiro atoms. The molecule has 1 aliphatic heterocycles. The quantitative estimate of drug-likeness (QED) is 0.727. The number of likely N-dealkylation sites (N-methyl/N-ethyl adjacent to an activating group) is 1. The number of hydrogen-bond acceptors (Lipinski definition) is 5. The van der Waals surface area contributed by atoms with Crippen LogP contribution in [-0.4, -0.2) is 30.0 Å². The zero-order valence-electron chi connectivity index (χ0n) is 14.2. The molecule has 0 bridgehead atoms. The molecule has 0 radical (unpaired) electrons. The molecule has 3 heterocycles. The monoisotopic (exact) mass is 337 g/mol. The van der Waals surface area contributed by atoms with E-state index in [4.69, 9.17) is 8.83 Å². The lowest BCUT2D eigenvalue weighted by Gasteiger charge is -2.41. The van der Waals surface area contributed by atoms with Crippen LogP contribution < -0.4 is 9.80 Å². The largest absolute Gasteiger partial charge is 0.459 e. The van der Waals surface area contributed by atoms with E-state index in [0.29, 0.717) is 18.2 Å². The number of carbonyl (C=O) groups excluding carboxylic acids is 1. The van der Waals surface area contributed by atoms with Crippen molar-refractivity contribution in [2.45, 2.75) is 19.9 Å². The summed E-state index contributed by atoms with van der Waals surface area (Å²) in [7, 11) is 0. The number of furan rings is 1. The molecule has 1 aromatic carbocycles. The summed E-state index contributed by atoms with van der Waals surface area (Å²) in [5, 5.41) is 0. The van der Waals surface area contributed by atoms with Gasteiger partial charge in [-0.05, 0) is 44.2 Å². The Morgan fingerprint density at radius 1 is 1.24 bits per heavy atom. The van der Waals surface area contributed by atoms with Gasteiger partial charge in [-0.15, -0.1) is 0 Å². The van der Waals surface area contributed by atoms with E-state index in [0.717, 1.165) is 23.5 Å². The fourth-order valence-electron chi connectivity index (χ4n) is 3.39. The van der Waals surface area contributed by atoms with Gasteiger partial charge in [0, 0.05) is 24.7 Å². The van der Waals surface area contributed by atoms with Crippen molar-refractivity contribution in [3.05, 3.63) is 54.8 Å². The minimum Gasteiger partial charge on any atom is -0.459 e. The van der Waals surface area contributed by atoms with Gasteiger partial charge in [0.15, 0.2) is 5.76 Å². The predicted octanol–water partition coefficient (Wildman–Crippen LogP) is 3.81. The van der Waals surface area contributed by atoms with Crippen LogP contribution in [0.1, 0.15) is 24.4 Å². The van der Waals surface area contributed by atoms with Crippen LogP contribution in [0, 0.1) is 0 Å². The van der Waals surface area contributed by atoms with Gasteiger partial charge in [-0.1, -0.05) is 0 Å². The molecule has 6 heteroatoms. The number of hydrogen-bond donors (Lipinski definition) is 0. The number of amides is 1. The summed E-state index contributed by atoms with van der Waals surface area (Å²) in [6.45, 7) is 5.70. The van der Waals surface area contributed by atoms with Crippen molar-refractivity contribution in [2.75, 3.05) is 22.9 Å². The average molecular weight is 337 g/mol. The maximum absolute atomic E-state index is 12.9. The molecule has 2 aromatic heterocycles. The second-order valence-electron chi connectivity index (χ2n) is 6.07. The average Bonchev–Trinajstić information content (AvgIpc) is 3.33. The highest BCUT2D eigenvalue weighted by Gasteiger charge is 2.32. The van der Waals surface area contributed by atoms with Crippen molar-refractivity contribution in [1.82, 2.24) is 4.98 Å². The molecule has 128 valence electrons. The molecule has 6 nitrogen and oxygen atoms in total. The highest BCUT2D eigenvalue weighted by atomic mass is 16.3. The first-order valence-electron chi connectivity index (χ1n) is 8.35. The molecular formula is C19H19N3O3. The Morgan fingerprint density at radius 2 is 2.12 bits per heavy atom. The van der Waals surface area contributed by atoms with Gasteiger partial charge in [-0.3, -0.25) is 4.79 Å². The molecule has 0 aliphatic carbocycles. The third-order valence-corrected chi connectivity index (χ3v) is 4.55. The summed E-state index contributed by atoms with van der Waals surface area (Å²) >= 11 is 0. The van der Waals surface area contributed by atoms with Crippen LogP contribution in [0.5, 0.6) is 0 Å². The summed E-state index contributed by atoms with van der Waals surface area (Å²) in [5.74, 6) is 0.734. The van der Waals surface area contributed by atoms with Gasteiger partial charge in [0.25, 0.3) is 5.91 Å². The number of anilines is 2. The normalized spacial score (nSPS) is 16.8. The van der Waals surface area contributed by atoms with E-state index < -0.39 is 0 Å². The number of aromatic nitrogens is 1. The third-order valence-electron chi connectivity index (χ3n) is 4.55. The molecule has 25 heavy (non-hydrogen) atoms. The van der Waals surface area contributed by atoms with E-state index in [1.807, 2.05) is 18.2 Å². The number of rotatable bonds is 3. The Morgan fingerprint density at radius 3 is 2.80 bits per heavy atom. The number of oxazole rings is 1. The minimum atomic E-state index is -0.140. The van der Waals surface area contributed by atoms with Crippen molar-refractivity contribution in [3.63, 3.8) is 0 Å². The van der Waals surface area contributed by atoms with Crippen molar-refractivity contribution in [3.8, 4) is 11.5 Å². The van der Waals surface area contributed by atoms with Gasteiger partial charge in [0.05, 0.1) is 23.8 Å². The lowest BCUT2D eigenvalue weighted by Crippen LogP contribution is -2.49. The van der Waals surface area contributed by atoms with Gasteiger partial charge in [0.2, 0.25) is 5.89 Å². The van der Waals surface area contributed by atoms with Crippen molar-refractivity contribution < 1.29 is 13.6 Å². The van der Waals surface area contributed by atoms with E-state index in [2.05, 4.69) is 23.7 Å². The topological polar surface area (TPSA) is 62.7 Å². The maximum atomic E-state index is 12.9. The van der Waals surface area contributed by atoms with Crippen molar-refractivity contribution in [1.29, 1.82) is 0 Å². The number of fused-ring (bicyclic) bond motifs is 1. The zero-order valence-corrected chi connectivity index (χ0v) is 14.2. The second kappa shape index (κ2) is 6.12. The fourth-order valence-corrected chi connectivity index (χ4v) is 3.39. The molecular weight excluding hydrogens is 318 g/mol. The van der Waals surface area contributed by atoms with Crippen LogP contribution in [0.3, 0.4) is 0 Å². The highest BCUT2D eigenvalue weighted by Crippen LogP contribution is 2.39. The summed E-state index contributed by atoms with van der Waals surface area (Å²) < 4.78 is 10.7. The van der Waals surface area contributed by atoms with Crippen molar-refractivity contribution in [2.24, 2.45) is 0 Å². The van der Waals surface area contributed by atoms with E-state index in [-0.39, 0.29) is 11.9 Å². The van der Waals surface area contributed by atoms with Gasteiger partial charge < -0.3 is 18.6 Å². The number of carbonyl (C=O) groups is 1. The van der Waals surface area contributed by atoms with Crippen molar-refractivity contribution >= 4 is 17.3 Å². The van der Waals surface area contributed by atoms with Crippen LogP contribution in [0.25, 0.3) is 11.5 Å². The number of nitrogens with zero attached hydrogens (tertiary/aromatic N) is 3. The fraction of sp³-hybridized carbons (Fsp3) is 0.263. The van der Waals surface area contributed by atoms with Gasteiger partial charge in [0.1, 0.15) is 6.26 Å². The Labute approximate surface area is 145 Å². The van der Waals surface area contributed by atoms with E-state index in [1.165, 1.54) is 6.26 Å². The highest BCUT2D eigenvalue weighted by molar-refractivity contribution is 6.07. The van der Waals surface area contributed by atoms with Crippen LogP contribution >= 0.6 is 0 Å². The summed E-state index contributed by atoms with van der Waals surface area (Å²) in [6.07, 6.45) is 4.67. The Kier molecular flexibility index (Phi) is 3.80. The molecule has 1 atom stereocenters. The number of benzene rings is 1. The maximum Gasteiger partial charge on any atom is 0.294 e. The molecule has 3 aromatic rings. The standard InChI is InChI=1S/C19H19N3O3/c1-3-21-13(2)12-22(19(23)17-5-4-9-24-17)16-11-14(6-7-15(16)21)18-20-8-10-25-18/h4-11,13H,3,12H2,1-2H3/t13-/m0/s1. The Balaban J connectivity index is 1.82. The smallest absolute Gasteiger partial charge is 0.294 e. The van der Waals surface area contributed by atoms with E-state index >= 15 is 0 Å². The van der Waals surface area contributed by atoms with Crippen LogP contribution in [0.15, 0.2) is 57.9 Å². The first-order chi connectivity index (χ1) is 12.2. The molecule has 0 N–H and O–H groups in total. The predicted molar refractivity (Wildman–Crippen MR) is 94.8 cm³/mol. The SMILES string of the molecule is CCN1c2ccc(-c3ncco3)cc2N(C(=O)c2ccco2)C[C@@H]1C. The Hall–Kier alpha value is -3.02. The molecule has 1 aliphatic rings. The molecule has 0 fully saturated rings. The molecule has 0 saturated heterocycles. The molecule has 1 amide bonds. The van der Waals surface area contributed by atoms with Crippen LogP contribution in [-0.2, 0) is 0 Å². The third kappa shape index (κ3) is 2.59. The Bertz CT molecular complexity index is 871. The molecule has 4 rings (SSSR count). The summed E-state index contributed by atoms with van der Waals surface area (Å²) in [5.41, 5.74) is 2.71. The van der Waals surface area contributed by atoms with E-state index in [1.54, 1.807) is 29.5 Å². The van der Waals surface area contributed by atoms with Gasteiger partial charge in [-0.25, -0.2) is 4.98 Å².